The molecule has 0 saturated heterocycles. The zero-order valence-electron chi connectivity index (χ0n) is 17.8. The maximum atomic E-state index is 12.8. The van der Waals surface area contributed by atoms with Crippen LogP contribution in [0.15, 0.2) is 30.3 Å². The third-order valence-electron chi connectivity index (χ3n) is 4.51. The van der Waals surface area contributed by atoms with Crippen molar-refractivity contribution in [2.45, 2.75) is 57.0 Å². The first-order valence-corrected chi connectivity index (χ1v) is 9.82. The van der Waals surface area contributed by atoms with Crippen LogP contribution in [0.5, 0.6) is 0 Å². The zero-order valence-corrected chi connectivity index (χ0v) is 17.8. The molecule has 9 N–H and O–H groups in total. The second kappa shape index (κ2) is 12.4. The highest BCUT2D eigenvalue weighted by Gasteiger charge is 2.31. The normalized spacial score (nSPS) is 15.4. The number of carbonyl (C=O) groups excluding carboxylic acids is 4. The van der Waals surface area contributed by atoms with E-state index in [2.05, 4.69) is 16.0 Å². The molecule has 1 rings (SSSR count). The van der Waals surface area contributed by atoms with Crippen molar-refractivity contribution in [3.63, 3.8) is 0 Å². The summed E-state index contributed by atoms with van der Waals surface area (Å²) in [6.45, 7) is 2.53. The van der Waals surface area contributed by atoms with Crippen LogP contribution < -0.4 is 27.4 Å². The minimum Gasteiger partial charge on any atom is -0.480 e. The molecule has 1 aromatic carbocycles. The number of hydrogen-bond acceptors (Lipinski definition) is 7. The lowest BCUT2D eigenvalue weighted by Crippen LogP contribution is -2.59. The molecular formula is C20H29N5O7. The van der Waals surface area contributed by atoms with Crippen molar-refractivity contribution >= 4 is 29.6 Å². The van der Waals surface area contributed by atoms with E-state index in [0.29, 0.717) is 5.56 Å². The van der Waals surface area contributed by atoms with Gasteiger partial charge in [-0.05, 0) is 19.4 Å². The summed E-state index contributed by atoms with van der Waals surface area (Å²) < 4.78 is 0. The second-order valence-corrected chi connectivity index (χ2v) is 7.32. The van der Waals surface area contributed by atoms with Crippen LogP contribution in [-0.2, 0) is 30.4 Å². The molecule has 0 bridgehead atoms. The van der Waals surface area contributed by atoms with E-state index in [0.717, 1.165) is 0 Å². The van der Waals surface area contributed by atoms with Gasteiger partial charge in [0.15, 0.2) is 0 Å². The van der Waals surface area contributed by atoms with Gasteiger partial charge in [0, 0.05) is 6.42 Å². The van der Waals surface area contributed by atoms with Gasteiger partial charge in [-0.3, -0.25) is 24.0 Å². The van der Waals surface area contributed by atoms with Crippen LogP contribution in [0.2, 0.25) is 0 Å². The van der Waals surface area contributed by atoms with E-state index in [9.17, 15) is 29.1 Å². The molecule has 12 heteroatoms. The number of carboxylic acid groups (broad SMARTS) is 1. The molecule has 0 aliphatic heterocycles. The molecule has 32 heavy (non-hydrogen) atoms. The Morgan fingerprint density at radius 2 is 1.44 bits per heavy atom. The van der Waals surface area contributed by atoms with Gasteiger partial charge in [-0.25, -0.2) is 0 Å². The first-order valence-electron chi connectivity index (χ1n) is 9.82. The van der Waals surface area contributed by atoms with Crippen molar-refractivity contribution in [2.75, 3.05) is 0 Å². The molecule has 1 aromatic rings. The van der Waals surface area contributed by atoms with E-state index in [4.69, 9.17) is 16.6 Å². The highest BCUT2D eigenvalue weighted by Crippen LogP contribution is 2.06. The fourth-order valence-electron chi connectivity index (χ4n) is 2.60. The third kappa shape index (κ3) is 8.70. The van der Waals surface area contributed by atoms with Crippen LogP contribution in [0.1, 0.15) is 25.8 Å². The van der Waals surface area contributed by atoms with Gasteiger partial charge < -0.3 is 37.6 Å². The first-order chi connectivity index (χ1) is 14.9. The summed E-state index contributed by atoms with van der Waals surface area (Å²) in [6.07, 6.45) is -1.80. The number of rotatable bonds is 12. The molecule has 0 spiro atoms. The molecule has 5 unspecified atom stereocenters. The number of nitrogens with two attached hydrogens (primary N) is 2. The van der Waals surface area contributed by atoms with E-state index in [1.54, 1.807) is 30.3 Å². The quantitative estimate of drug-likeness (QED) is 0.178. The lowest BCUT2D eigenvalue weighted by molar-refractivity contribution is -0.142. The van der Waals surface area contributed by atoms with Gasteiger partial charge in [-0.1, -0.05) is 30.3 Å². The summed E-state index contributed by atoms with van der Waals surface area (Å²) >= 11 is 0. The lowest BCUT2D eigenvalue weighted by Gasteiger charge is -2.24. The van der Waals surface area contributed by atoms with Gasteiger partial charge in [0.2, 0.25) is 23.6 Å². The number of amides is 4. The molecule has 0 saturated carbocycles. The molecule has 0 heterocycles. The minimum atomic E-state index is -1.47. The zero-order chi connectivity index (χ0) is 24.4. The molecule has 5 atom stereocenters. The number of hydrogen-bond donors (Lipinski definition) is 7. The van der Waals surface area contributed by atoms with Crippen LogP contribution in [0.4, 0.5) is 0 Å². The van der Waals surface area contributed by atoms with Gasteiger partial charge >= 0.3 is 5.97 Å². The van der Waals surface area contributed by atoms with Crippen molar-refractivity contribution < 1.29 is 34.2 Å². The number of benzene rings is 1. The number of carboxylic acids is 1. The fourth-order valence-corrected chi connectivity index (χ4v) is 2.60. The molecule has 0 fully saturated rings. The number of primary amides is 1. The maximum absolute atomic E-state index is 12.8. The van der Waals surface area contributed by atoms with Gasteiger partial charge in [-0.15, -0.1) is 0 Å². The minimum absolute atomic E-state index is 0.00911. The van der Waals surface area contributed by atoms with Gasteiger partial charge in [0.25, 0.3) is 0 Å². The van der Waals surface area contributed by atoms with Crippen molar-refractivity contribution in [1.82, 2.24) is 16.0 Å². The number of aliphatic carboxylic acids is 1. The monoisotopic (exact) mass is 451 g/mol. The summed E-state index contributed by atoms with van der Waals surface area (Å²) in [6, 6.07) is 3.35. The van der Waals surface area contributed by atoms with E-state index in [1.165, 1.54) is 13.8 Å². The smallest absolute Gasteiger partial charge is 0.325 e. The van der Waals surface area contributed by atoms with Crippen molar-refractivity contribution in [2.24, 2.45) is 11.5 Å². The second-order valence-electron chi connectivity index (χ2n) is 7.32. The maximum Gasteiger partial charge on any atom is 0.325 e. The third-order valence-corrected chi connectivity index (χ3v) is 4.51. The predicted octanol–water partition coefficient (Wildman–Crippen LogP) is -2.63. The molecule has 4 amide bonds. The Morgan fingerprint density at radius 1 is 0.906 bits per heavy atom. The Bertz CT molecular complexity index is 831. The van der Waals surface area contributed by atoms with Crippen LogP contribution in [-0.4, -0.2) is 70.1 Å². The summed E-state index contributed by atoms with van der Waals surface area (Å²) in [5.41, 5.74) is 11.4. The molecule has 0 aromatic heterocycles. The average molecular weight is 451 g/mol. The Hall–Kier alpha value is -3.51. The number of aliphatic hydroxyl groups is 1. The predicted molar refractivity (Wildman–Crippen MR) is 113 cm³/mol. The van der Waals surface area contributed by atoms with Gasteiger partial charge in [0.05, 0.1) is 12.5 Å². The fraction of sp³-hybridized carbons (Fsp3) is 0.450. The SMILES string of the molecule is CC(NC(=O)C(Cc1ccccc1)NC(=O)C(CC(N)=O)NC(=O)C(N)C(C)O)C(=O)O. The lowest BCUT2D eigenvalue weighted by atomic mass is 10.0. The van der Waals surface area contributed by atoms with Crippen LogP contribution in [0.25, 0.3) is 0 Å². The molecule has 0 aliphatic rings. The standard InChI is InChI=1S/C20H29N5O7/c1-10(20(31)32)23-17(28)13(8-12-6-4-3-5-7-12)24-18(29)14(9-15(21)27)25-19(30)16(22)11(2)26/h3-7,10-11,13-14,16,26H,8-9,22H2,1-2H3,(H2,21,27)(H,23,28)(H,24,29)(H,25,30)(H,31,32). The molecular weight excluding hydrogens is 422 g/mol. The average Bonchev–Trinajstić information content (AvgIpc) is 2.72. The Balaban J connectivity index is 3.06. The molecule has 0 radical (unpaired) electrons. The Morgan fingerprint density at radius 3 is 1.94 bits per heavy atom. The Kier molecular flexibility index (Phi) is 10.3. The first kappa shape index (κ1) is 26.5. The van der Waals surface area contributed by atoms with Crippen LogP contribution in [0, 0.1) is 0 Å². The topological polar surface area (TPSA) is 214 Å². The highest BCUT2D eigenvalue weighted by molar-refractivity contribution is 5.96. The summed E-state index contributed by atoms with van der Waals surface area (Å²) in [5.74, 6) is -4.75. The highest BCUT2D eigenvalue weighted by atomic mass is 16.4. The van der Waals surface area contributed by atoms with E-state index < -0.39 is 66.3 Å². The van der Waals surface area contributed by atoms with Crippen LogP contribution >= 0.6 is 0 Å². The van der Waals surface area contributed by atoms with Gasteiger partial charge in [-0.2, -0.15) is 0 Å². The van der Waals surface area contributed by atoms with Crippen molar-refractivity contribution in [1.29, 1.82) is 0 Å². The van der Waals surface area contributed by atoms with E-state index in [-0.39, 0.29) is 6.42 Å². The van der Waals surface area contributed by atoms with Crippen molar-refractivity contribution in [3.8, 4) is 0 Å². The molecule has 12 nitrogen and oxygen atoms in total. The Labute approximate surface area is 184 Å². The van der Waals surface area contributed by atoms with E-state index >= 15 is 0 Å². The van der Waals surface area contributed by atoms with Crippen molar-refractivity contribution in [3.05, 3.63) is 35.9 Å². The van der Waals surface area contributed by atoms with E-state index in [1.807, 2.05) is 0 Å². The number of aliphatic hydroxyl groups excluding tert-OH is 1. The summed E-state index contributed by atoms with van der Waals surface area (Å²) in [5, 5.41) is 25.4. The molecule has 0 aliphatic carbocycles. The number of nitrogens with one attached hydrogen (secondary N) is 3. The molecule has 176 valence electrons. The number of carbonyl (C=O) groups is 5. The summed E-state index contributed by atoms with van der Waals surface area (Å²) in [4.78, 5) is 60.0. The van der Waals surface area contributed by atoms with Gasteiger partial charge in [0.1, 0.15) is 24.2 Å². The van der Waals surface area contributed by atoms with Crippen LogP contribution in [0.3, 0.4) is 0 Å². The largest absolute Gasteiger partial charge is 0.480 e. The summed E-state index contributed by atoms with van der Waals surface area (Å²) in [7, 11) is 0.